The zero-order valence-electron chi connectivity index (χ0n) is 14.9. The predicted octanol–water partition coefficient (Wildman–Crippen LogP) is 5.38. The zero-order valence-corrected chi connectivity index (χ0v) is 16.5. The quantitative estimate of drug-likeness (QED) is 0.761. The van der Waals surface area contributed by atoms with Gasteiger partial charge in [-0.1, -0.05) is 44.5 Å². The van der Waals surface area contributed by atoms with Crippen LogP contribution in [0.1, 0.15) is 37.5 Å². The summed E-state index contributed by atoms with van der Waals surface area (Å²) in [7, 11) is 0. The fourth-order valence-electron chi connectivity index (χ4n) is 2.41. The number of carbonyl (C=O) groups excluding carboxylic acids is 1. The molecule has 0 saturated carbocycles. The summed E-state index contributed by atoms with van der Waals surface area (Å²) < 4.78 is 6.65. The molecule has 0 heterocycles. The molecule has 3 nitrogen and oxygen atoms in total. The average Bonchev–Trinajstić information content (AvgIpc) is 2.48. The number of benzene rings is 2. The first-order valence-electron chi connectivity index (χ1n) is 7.97. The van der Waals surface area contributed by atoms with Gasteiger partial charge in [0.15, 0.2) is 6.61 Å². The van der Waals surface area contributed by atoms with Crippen molar-refractivity contribution < 1.29 is 9.53 Å². The maximum atomic E-state index is 12.2. The number of aryl methyl sites for hydroxylation is 2. The molecule has 0 atom stereocenters. The van der Waals surface area contributed by atoms with E-state index in [4.69, 9.17) is 4.74 Å². The Morgan fingerprint density at radius 3 is 2.33 bits per heavy atom. The summed E-state index contributed by atoms with van der Waals surface area (Å²) in [6.07, 6.45) is 0. The van der Waals surface area contributed by atoms with Gasteiger partial charge < -0.3 is 10.1 Å². The second kappa shape index (κ2) is 7.39. The third-order valence-corrected chi connectivity index (χ3v) is 4.36. The Hall–Kier alpha value is -1.81. The highest BCUT2D eigenvalue weighted by molar-refractivity contribution is 9.10. The van der Waals surface area contributed by atoms with E-state index in [0.717, 1.165) is 27.0 Å². The predicted molar refractivity (Wildman–Crippen MR) is 103 cm³/mol. The van der Waals surface area contributed by atoms with Crippen LogP contribution in [-0.4, -0.2) is 12.5 Å². The third-order valence-electron chi connectivity index (χ3n) is 3.70. The Labute approximate surface area is 152 Å². The van der Waals surface area contributed by atoms with Gasteiger partial charge in [-0.2, -0.15) is 0 Å². The number of halogens is 1. The molecule has 0 aliphatic rings. The van der Waals surface area contributed by atoms with Crippen molar-refractivity contribution in [2.75, 3.05) is 11.9 Å². The van der Waals surface area contributed by atoms with Crippen LogP contribution in [0.15, 0.2) is 40.9 Å². The highest BCUT2D eigenvalue weighted by Crippen LogP contribution is 2.32. The van der Waals surface area contributed by atoms with Crippen molar-refractivity contribution in [3.63, 3.8) is 0 Å². The summed E-state index contributed by atoms with van der Waals surface area (Å²) in [5, 5.41) is 2.87. The van der Waals surface area contributed by atoms with Gasteiger partial charge in [0.2, 0.25) is 0 Å². The minimum absolute atomic E-state index is 0.0214. The molecule has 0 aliphatic heterocycles. The number of amides is 1. The van der Waals surface area contributed by atoms with E-state index in [1.54, 1.807) is 0 Å². The van der Waals surface area contributed by atoms with Crippen molar-refractivity contribution in [3.8, 4) is 5.75 Å². The summed E-state index contributed by atoms with van der Waals surface area (Å²) in [4.78, 5) is 12.2. The normalized spacial score (nSPS) is 11.2. The lowest BCUT2D eigenvalue weighted by molar-refractivity contribution is -0.118. The summed E-state index contributed by atoms with van der Waals surface area (Å²) in [5.74, 6) is 0.575. The maximum Gasteiger partial charge on any atom is 0.262 e. The topological polar surface area (TPSA) is 38.3 Å². The van der Waals surface area contributed by atoms with Crippen molar-refractivity contribution in [1.82, 2.24) is 0 Å². The van der Waals surface area contributed by atoms with Gasteiger partial charge in [-0.3, -0.25) is 4.79 Å². The SMILES string of the molecule is Cc1ccc(NC(=O)COc2ccc(C)cc2C(C)(C)C)c(Br)c1. The van der Waals surface area contributed by atoms with Gasteiger partial charge in [-0.15, -0.1) is 0 Å². The van der Waals surface area contributed by atoms with Crippen LogP contribution >= 0.6 is 15.9 Å². The van der Waals surface area contributed by atoms with E-state index < -0.39 is 0 Å². The Bertz CT molecular complexity index is 748. The van der Waals surface area contributed by atoms with Gasteiger partial charge in [-0.05, 0) is 64.5 Å². The molecule has 2 rings (SSSR count). The highest BCUT2D eigenvalue weighted by atomic mass is 79.9. The standard InChI is InChI=1S/C20H24BrNO2/c1-13-7-9-18(15(10-13)20(3,4)5)24-12-19(23)22-17-8-6-14(2)11-16(17)21/h6-11H,12H2,1-5H3,(H,22,23). The first-order valence-corrected chi connectivity index (χ1v) is 8.76. The highest BCUT2D eigenvalue weighted by Gasteiger charge is 2.19. The van der Waals surface area contributed by atoms with Crippen LogP contribution in [0.2, 0.25) is 0 Å². The lowest BCUT2D eigenvalue weighted by Crippen LogP contribution is -2.22. The average molecular weight is 390 g/mol. The minimum Gasteiger partial charge on any atom is -0.483 e. The molecule has 2 aromatic carbocycles. The van der Waals surface area contributed by atoms with Gasteiger partial charge in [0, 0.05) is 4.47 Å². The molecule has 24 heavy (non-hydrogen) atoms. The molecule has 0 aromatic heterocycles. The molecule has 0 bridgehead atoms. The van der Waals surface area contributed by atoms with Crippen molar-refractivity contribution in [2.24, 2.45) is 0 Å². The third kappa shape index (κ3) is 4.84. The second-order valence-electron chi connectivity index (χ2n) is 7.07. The number of rotatable bonds is 4. The van der Waals surface area contributed by atoms with Gasteiger partial charge in [-0.25, -0.2) is 0 Å². The molecule has 2 aromatic rings. The molecule has 1 amide bonds. The number of carbonyl (C=O) groups is 1. The Kier molecular flexibility index (Phi) is 5.70. The molecule has 0 radical (unpaired) electrons. The number of hydrogen-bond acceptors (Lipinski definition) is 2. The van der Waals surface area contributed by atoms with E-state index in [1.165, 1.54) is 5.56 Å². The summed E-state index contributed by atoms with van der Waals surface area (Å²) in [6.45, 7) is 10.5. The van der Waals surface area contributed by atoms with Crippen LogP contribution < -0.4 is 10.1 Å². The smallest absolute Gasteiger partial charge is 0.262 e. The van der Waals surface area contributed by atoms with Crippen LogP contribution in [-0.2, 0) is 10.2 Å². The Morgan fingerprint density at radius 1 is 1.08 bits per heavy atom. The number of hydrogen-bond donors (Lipinski definition) is 1. The van der Waals surface area contributed by atoms with Gasteiger partial charge in [0.05, 0.1) is 5.69 Å². The molecule has 0 aliphatic carbocycles. The number of ether oxygens (including phenoxy) is 1. The van der Waals surface area contributed by atoms with Crippen LogP contribution in [0.3, 0.4) is 0 Å². The van der Waals surface area contributed by atoms with Gasteiger partial charge in [0.1, 0.15) is 5.75 Å². The number of nitrogens with one attached hydrogen (secondary N) is 1. The minimum atomic E-state index is -0.181. The molecule has 4 heteroatoms. The molecule has 0 fully saturated rings. The molecule has 1 N–H and O–H groups in total. The van der Waals surface area contributed by atoms with E-state index in [0.29, 0.717) is 0 Å². The monoisotopic (exact) mass is 389 g/mol. The molecule has 0 unspecified atom stereocenters. The summed E-state index contributed by atoms with van der Waals surface area (Å²) in [5.41, 5.74) is 4.12. The lowest BCUT2D eigenvalue weighted by atomic mass is 9.85. The van der Waals surface area contributed by atoms with Crippen molar-refractivity contribution in [3.05, 3.63) is 57.6 Å². The first-order chi connectivity index (χ1) is 11.2. The first kappa shape index (κ1) is 18.5. The van der Waals surface area contributed by atoms with E-state index >= 15 is 0 Å². The van der Waals surface area contributed by atoms with E-state index in [2.05, 4.69) is 55.0 Å². The zero-order chi connectivity index (χ0) is 17.9. The second-order valence-corrected chi connectivity index (χ2v) is 7.92. The number of anilines is 1. The van der Waals surface area contributed by atoms with Crippen LogP contribution in [0.4, 0.5) is 5.69 Å². The van der Waals surface area contributed by atoms with Crippen molar-refractivity contribution in [1.29, 1.82) is 0 Å². The summed E-state index contributed by atoms with van der Waals surface area (Å²) >= 11 is 3.46. The van der Waals surface area contributed by atoms with Crippen LogP contribution in [0, 0.1) is 13.8 Å². The van der Waals surface area contributed by atoms with Gasteiger partial charge in [0.25, 0.3) is 5.91 Å². The van der Waals surface area contributed by atoms with Crippen molar-refractivity contribution >= 4 is 27.5 Å². The fraction of sp³-hybridized carbons (Fsp3) is 0.350. The molecular weight excluding hydrogens is 366 g/mol. The van der Waals surface area contributed by atoms with Crippen LogP contribution in [0.5, 0.6) is 5.75 Å². The van der Waals surface area contributed by atoms with Crippen molar-refractivity contribution in [2.45, 2.75) is 40.0 Å². The lowest BCUT2D eigenvalue weighted by Gasteiger charge is -2.23. The maximum absolute atomic E-state index is 12.2. The largest absolute Gasteiger partial charge is 0.483 e. The Balaban J connectivity index is 2.07. The van der Waals surface area contributed by atoms with E-state index in [1.807, 2.05) is 37.3 Å². The Morgan fingerprint density at radius 2 is 1.71 bits per heavy atom. The van der Waals surface area contributed by atoms with E-state index in [-0.39, 0.29) is 17.9 Å². The van der Waals surface area contributed by atoms with E-state index in [9.17, 15) is 4.79 Å². The fourth-order valence-corrected chi connectivity index (χ4v) is 3.00. The molecular formula is C20H24BrNO2. The summed E-state index contributed by atoms with van der Waals surface area (Å²) in [6, 6.07) is 11.9. The van der Waals surface area contributed by atoms with Gasteiger partial charge >= 0.3 is 0 Å². The van der Waals surface area contributed by atoms with Crippen LogP contribution in [0.25, 0.3) is 0 Å². The molecule has 0 saturated heterocycles. The molecule has 0 spiro atoms. The molecule has 128 valence electrons.